The van der Waals surface area contributed by atoms with Crippen molar-refractivity contribution in [2.75, 3.05) is 23.0 Å². The largest absolute Gasteiger partial charge is 0.457 e. The fraction of sp³-hybridized carbons (Fsp3) is 0.149. The molecule has 6 aromatic carbocycles. The van der Waals surface area contributed by atoms with Crippen molar-refractivity contribution in [3.63, 3.8) is 0 Å². The highest BCUT2D eigenvalue weighted by atomic mass is 16.5. The van der Waals surface area contributed by atoms with Gasteiger partial charge in [-0.1, -0.05) is 62.4 Å². The highest BCUT2D eigenvalue weighted by molar-refractivity contribution is 6.35. The van der Waals surface area contributed by atoms with Crippen LogP contribution in [-0.2, 0) is 18.3 Å². The van der Waals surface area contributed by atoms with Crippen molar-refractivity contribution in [2.45, 2.75) is 32.1 Å². The van der Waals surface area contributed by atoms with Crippen LogP contribution in [0.25, 0.3) is 0 Å². The fourth-order valence-electron chi connectivity index (χ4n) is 7.24. The van der Waals surface area contributed by atoms with E-state index in [0.29, 0.717) is 58.3 Å². The second kappa shape index (κ2) is 15.0. The minimum Gasteiger partial charge on any atom is -0.457 e. The molecule has 0 saturated heterocycles. The van der Waals surface area contributed by atoms with Gasteiger partial charge in [0.2, 0.25) is 0 Å². The maximum atomic E-state index is 13.3. The van der Waals surface area contributed by atoms with Gasteiger partial charge < -0.3 is 19.7 Å². The lowest BCUT2D eigenvalue weighted by molar-refractivity contribution is 0.0910. The summed E-state index contributed by atoms with van der Waals surface area (Å²) in [5.41, 5.74) is 5.58. The van der Waals surface area contributed by atoms with E-state index in [1.165, 1.54) is 0 Å². The zero-order valence-electron chi connectivity index (χ0n) is 31.3. The topological polar surface area (TPSA) is 134 Å². The zero-order chi connectivity index (χ0) is 39.8. The molecule has 10 nitrogen and oxygen atoms in total. The minimum absolute atomic E-state index is 0.0153. The third kappa shape index (κ3) is 6.97. The van der Waals surface area contributed by atoms with Crippen LogP contribution >= 0.6 is 0 Å². The van der Waals surface area contributed by atoms with E-state index in [1.807, 2.05) is 48.5 Å². The van der Waals surface area contributed by atoms with Gasteiger partial charge in [0.25, 0.3) is 23.6 Å². The van der Waals surface area contributed by atoms with Gasteiger partial charge >= 0.3 is 0 Å². The second-order valence-corrected chi connectivity index (χ2v) is 14.5. The predicted octanol–water partition coefficient (Wildman–Crippen LogP) is 8.27. The Balaban J connectivity index is 0.916. The standard InChI is InChI=1S/C47H38N2O8/c1-47(2,31-7-15-35(16-8-31)56-37-19-21-39-41(27-37)45(54)48(43(39)52)33-11-3-29(4-12-33)23-25-50)32-9-17-36(18-10-32)57-38-20-22-40-42(28-38)46(55)49(44(40)53)34-13-5-30(6-14-34)24-26-51/h3-22,27-28,50-51H,23-26H2,1-2H3. The Hall–Kier alpha value is -6.88. The fourth-order valence-corrected chi connectivity index (χ4v) is 7.24. The molecule has 0 atom stereocenters. The Morgan fingerprint density at radius 2 is 0.772 bits per heavy atom. The minimum atomic E-state index is -0.423. The molecule has 2 aliphatic rings. The van der Waals surface area contributed by atoms with E-state index in [-0.39, 0.29) is 24.3 Å². The summed E-state index contributed by atoms with van der Waals surface area (Å²) in [5, 5.41) is 18.4. The van der Waals surface area contributed by atoms with Gasteiger partial charge in [0.15, 0.2) is 0 Å². The summed E-state index contributed by atoms with van der Waals surface area (Å²) in [6, 6.07) is 39.1. The van der Waals surface area contributed by atoms with Crippen molar-refractivity contribution in [1.82, 2.24) is 0 Å². The average molecular weight is 759 g/mol. The van der Waals surface area contributed by atoms with Crippen LogP contribution < -0.4 is 19.3 Å². The van der Waals surface area contributed by atoms with Crippen molar-refractivity contribution in [3.05, 3.63) is 178 Å². The number of rotatable bonds is 12. The first kappa shape index (κ1) is 37.1. The molecule has 2 N–H and O–H groups in total. The van der Waals surface area contributed by atoms with E-state index in [9.17, 15) is 29.4 Å². The molecule has 0 bridgehead atoms. The molecule has 0 fully saturated rings. The van der Waals surface area contributed by atoms with Gasteiger partial charge in [-0.3, -0.25) is 19.2 Å². The molecule has 8 rings (SSSR count). The Bertz CT molecular complexity index is 2350. The molecule has 2 heterocycles. The molecular weight excluding hydrogens is 721 g/mol. The lowest BCUT2D eigenvalue weighted by Gasteiger charge is -2.26. The van der Waals surface area contributed by atoms with E-state index in [4.69, 9.17) is 9.47 Å². The van der Waals surface area contributed by atoms with Crippen molar-refractivity contribution < 1.29 is 38.9 Å². The number of hydrogen-bond donors (Lipinski definition) is 2. The molecule has 0 saturated carbocycles. The number of ether oxygens (including phenoxy) is 2. The number of benzene rings is 6. The van der Waals surface area contributed by atoms with Crippen LogP contribution in [0.3, 0.4) is 0 Å². The van der Waals surface area contributed by atoms with Crippen molar-refractivity contribution in [3.8, 4) is 23.0 Å². The molecule has 57 heavy (non-hydrogen) atoms. The first-order chi connectivity index (χ1) is 27.5. The molecule has 0 spiro atoms. The van der Waals surface area contributed by atoms with E-state index in [2.05, 4.69) is 13.8 Å². The summed E-state index contributed by atoms with van der Waals surface area (Å²) in [4.78, 5) is 55.3. The number of amides is 4. The highest BCUT2D eigenvalue weighted by Crippen LogP contribution is 2.37. The Morgan fingerprint density at radius 1 is 0.439 bits per heavy atom. The summed E-state index contributed by atoms with van der Waals surface area (Å²) in [6.45, 7) is 4.26. The molecule has 0 aliphatic carbocycles. The van der Waals surface area contributed by atoms with Crippen LogP contribution in [0.2, 0.25) is 0 Å². The number of imide groups is 2. The zero-order valence-corrected chi connectivity index (χ0v) is 31.3. The number of fused-ring (bicyclic) bond motifs is 2. The molecule has 2 aliphatic heterocycles. The number of hydrogen-bond acceptors (Lipinski definition) is 8. The van der Waals surface area contributed by atoms with Crippen LogP contribution in [0.1, 0.15) is 77.5 Å². The Morgan fingerprint density at radius 3 is 1.12 bits per heavy atom. The maximum absolute atomic E-state index is 13.3. The summed E-state index contributed by atoms with van der Waals surface area (Å²) in [6.07, 6.45) is 0.981. The summed E-state index contributed by atoms with van der Waals surface area (Å²) in [7, 11) is 0. The normalized spacial score (nSPS) is 13.6. The molecule has 4 amide bonds. The molecule has 10 heteroatoms. The third-order valence-electron chi connectivity index (χ3n) is 10.5. The molecule has 0 unspecified atom stereocenters. The number of aliphatic hydroxyl groups is 2. The first-order valence-electron chi connectivity index (χ1n) is 18.6. The predicted molar refractivity (Wildman–Crippen MR) is 215 cm³/mol. The quantitative estimate of drug-likeness (QED) is 0.119. The van der Waals surface area contributed by atoms with Gasteiger partial charge in [-0.25, -0.2) is 9.80 Å². The first-order valence-corrected chi connectivity index (χ1v) is 18.6. The van der Waals surface area contributed by atoms with Gasteiger partial charge in [0, 0.05) is 18.6 Å². The number of aliphatic hydroxyl groups excluding tert-OH is 2. The number of anilines is 2. The number of carbonyl (C=O) groups excluding carboxylic acids is 4. The highest BCUT2D eigenvalue weighted by Gasteiger charge is 2.38. The van der Waals surface area contributed by atoms with E-state index in [1.54, 1.807) is 84.9 Å². The van der Waals surface area contributed by atoms with Crippen LogP contribution in [-0.4, -0.2) is 47.1 Å². The Labute approximate surface area is 329 Å². The Kier molecular flexibility index (Phi) is 9.74. The average Bonchev–Trinajstić information content (AvgIpc) is 3.62. The summed E-state index contributed by atoms with van der Waals surface area (Å²) < 4.78 is 12.3. The van der Waals surface area contributed by atoms with Gasteiger partial charge in [0.05, 0.1) is 33.6 Å². The molecule has 0 radical (unpaired) electrons. The van der Waals surface area contributed by atoms with Crippen molar-refractivity contribution in [2.24, 2.45) is 0 Å². The lowest BCUT2D eigenvalue weighted by atomic mass is 9.78. The maximum Gasteiger partial charge on any atom is 0.266 e. The molecule has 284 valence electrons. The van der Waals surface area contributed by atoms with Crippen molar-refractivity contribution in [1.29, 1.82) is 0 Å². The van der Waals surface area contributed by atoms with E-state index in [0.717, 1.165) is 32.1 Å². The summed E-state index contributed by atoms with van der Waals surface area (Å²) >= 11 is 0. The van der Waals surface area contributed by atoms with Crippen LogP contribution in [0.4, 0.5) is 11.4 Å². The van der Waals surface area contributed by atoms with Gasteiger partial charge in [-0.15, -0.1) is 0 Å². The van der Waals surface area contributed by atoms with Crippen LogP contribution in [0.15, 0.2) is 133 Å². The molecular formula is C47H38N2O8. The third-order valence-corrected chi connectivity index (χ3v) is 10.5. The van der Waals surface area contributed by atoms with Gasteiger partial charge in [0.1, 0.15) is 23.0 Å². The monoisotopic (exact) mass is 758 g/mol. The molecule has 0 aromatic heterocycles. The van der Waals surface area contributed by atoms with E-state index < -0.39 is 29.0 Å². The van der Waals surface area contributed by atoms with Gasteiger partial charge in [-0.05, 0) is 120 Å². The number of carbonyl (C=O) groups is 4. The lowest BCUT2D eigenvalue weighted by Crippen LogP contribution is -2.29. The number of nitrogens with zero attached hydrogens (tertiary/aromatic N) is 2. The van der Waals surface area contributed by atoms with E-state index >= 15 is 0 Å². The van der Waals surface area contributed by atoms with Crippen molar-refractivity contribution >= 4 is 35.0 Å². The smallest absolute Gasteiger partial charge is 0.266 e. The molecule has 6 aromatic rings. The second-order valence-electron chi connectivity index (χ2n) is 14.5. The van der Waals surface area contributed by atoms with Crippen LogP contribution in [0, 0.1) is 0 Å². The van der Waals surface area contributed by atoms with Gasteiger partial charge in [-0.2, -0.15) is 0 Å². The van der Waals surface area contributed by atoms with Crippen LogP contribution in [0.5, 0.6) is 23.0 Å². The SMILES string of the molecule is CC(C)(c1ccc(Oc2ccc3c(c2)C(=O)N(c2ccc(CCO)cc2)C3=O)cc1)c1ccc(Oc2ccc3c(c2)C(=O)N(c2ccc(CCO)cc2)C3=O)cc1. The summed E-state index contributed by atoms with van der Waals surface area (Å²) in [5.74, 6) is 0.356.